The molecule has 9 heteroatoms. The van der Waals surface area contributed by atoms with Crippen molar-refractivity contribution in [1.29, 1.82) is 0 Å². The third kappa shape index (κ3) is 3.83. The van der Waals surface area contributed by atoms with Crippen LogP contribution in [0.4, 0.5) is 10.5 Å². The first-order valence-electron chi connectivity index (χ1n) is 6.88. The van der Waals surface area contributed by atoms with Crippen LogP contribution < -0.4 is 15.2 Å². The number of amides is 1. The summed E-state index contributed by atoms with van der Waals surface area (Å²) in [5.41, 5.74) is 5.20. The minimum atomic E-state index is -1.20. The first kappa shape index (κ1) is 17.7. The van der Waals surface area contributed by atoms with E-state index in [0.29, 0.717) is 5.75 Å². The number of nitrogens with zero attached hydrogens (tertiary/aromatic N) is 1. The molecule has 8 nitrogen and oxygen atoms in total. The van der Waals surface area contributed by atoms with Gasteiger partial charge in [-0.25, -0.2) is 4.79 Å². The van der Waals surface area contributed by atoms with E-state index in [4.69, 9.17) is 19.9 Å². The van der Waals surface area contributed by atoms with Crippen LogP contribution in [-0.4, -0.2) is 36.6 Å². The number of primary amides is 1. The molecule has 1 aliphatic heterocycles. The van der Waals surface area contributed by atoms with Crippen LogP contribution in [0.1, 0.15) is 24.2 Å². The molecule has 2 rings (SSSR count). The summed E-state index contributed by atoms with van der Waals surface area (Å²) in [6, 6.07) is 1.24. The molecule has 0 bridgehead atoms. The summed E-state index contributed by atoms with van der Waals surface area (Å²) < 4.78 is 15.6. The molecule has 24 heavy (non-hydrogen) atoms. The van der Waals surface area contributed by atoms with E-state index in [1.807, 2.05) is 18.8 Å². The Labute approximate surface area is 140 Å². The summed E-state index contributed by atoms with van der Waals surface area (Å²) in [4.78, 5) is 22.0. The highest BCUT2D eigenvalue weighted by Gasteiger charge is 2.33. The molecule has 1 unspecified atom stereocenters. The highest BCUT2D eigenvalue weighted by Crippen LogP contribution is 2.45. The van der Waals surface area contributed by atoms with Crippen molar-refractivity contribution in [2.24, 2.45) is 5.73 Å². The van der Waals surface area contributed by atoms with Crippen LogP contribution in [0.15, 0.2) is 6.07 Å². The van der Waals surface area contributed by atoms with Crippen molar-refractivity contribution in [1.82, 2.24) is 0 Å². The second kappa shape index (κ2) is 6.49. The standard InChI is InChI=1S/C15H18N2O6S/c1-9(23-15(16)18)13-10(5-6-24(2,3)4)14-12(21-8-22-14)7-11(13)17(19)20/h7,9H,8H2,1-4H3,(H2,16,18). The molecule has 1 amide bonds. The van der Waals surface area contributed by atoms with Gasteiger partial charge < -0.3 is 19.9 Å². The molecular formula is C15H18N2O6S. The fraction of sp³-hybridized carbons (Fsp3) is 0.400. The van der Waals surface area contributed by atoms with E-state index < -0.39 is 27.1 Å². The molecule has 1 aromatic carbocycles. The van der Waals surface area contributed by atoms with Gasteiger partial charge in [0.1, 0.15) is 6.10 Å². The largest absolute Gasteiger partial charge is 0.453 e. The first-order chi connectivity index (χ1) is 11.1. The van der Waals surface area contributed by atoms with Crippen molar-refractivity contribution in [3.8, 4) is 22.7 Å². The van der Waals surface area contributed by atoms with Gasteiger partial charge in [-0.3, -0.25) is 10.1 Å². The SMILES string of the molecule is CC(OC(N)=O)c1c([N+](=O)[O-])cc2c(c1C#CS(C)(C)C)OCO2. The summed E-state index contributed by atoms with van der Waals surface area (Å²) in [6.45, 7) is 1.43. The molecule has 0 saturated heterocycles. The molecule has 0 aromatic heterocycles. The van der Waals surface area contributed by atoms with Crippen molar-refractivity contribution >= 4 is 21.8 Å². The molecule has 0 aliphatic carbocycles. The van der Waals surface area contributed by atoms with E-state index in [2.05, 4.69) is 11.2 Å². The molecular weight excluding hydrogens is 336 g/mol. The van der Waals surface area contributed by atoms with Crippen molar-refractivity contribution in [2.45, 2.75) is 13.0 Å². The monoisotopic (exact) mass is 354 g/mol. The highest BCUT2D eigenvalue weighted by molar-refractivity contribution is 8.35. The van der Waals surface area contributed by atoms with E-state index in [9.17, 15) is 14.9 Å². The quantitative estimate of drug-likeness (QED) is 0.507. The molecule has 1 atom stereocenters. The number of carbonyl (C=O) groups is 1. The van der Waals surface area contributed by atoms with Crippen LogP contribution in [0.3, 0.4) is 0 Å². The Morgan fingerprint density at radius 3 is 2.67 bits per heavy atom. The maximum atomic E-state index is 11.5. The van der Waals surface area contributed by atoms with Gasteiger partial charge in [0.25, 0.3) is 5.69 Å². The number of ether oxygens (including phenoxy) is 3. The lowest BCUT2D eigenvalue weighted by molar-refractivity contribution is -0.386. The number of carbonyl (C=O) groups excluding carboxylic acids is 1. The molecule has 2 N–H and O–H groups in total. The summed E-state index contributed by atoms with van der Waals surface area (Å²) >= 11 is 0. The van der Waals surface area contributed by atoms with Crippen molar-refractivity contribution < 1.29 is 23.9 Å². The van der Waals surface area contributed by atoms with Gasteiger partial charge >= 0.3 is 6.09 Å². The zero-order chi connectivity index (χ0) is 18.1. The number of fused-ring (bicyclic) bond motifs is 1. The third-order valence-corrected chi connectivity index (χ3v) is 3.77. The molecule has 0 fully saturated rings. The summed E-state index contributed by atoms with van der Waals surface area (Å²) in [5, 5.41) is 14.5. The summed E-state index contributed by atoms with van der Waals surface area (Å²) in [7, 11) is -1.20. The number of benzene rings is 1. The minimum absolute atomic E-state index is 0.0575. The van der Waals surface area contributed by atoms with Gasteiger partial charge in [-0.1, -0.05) is 5.92 Å². The van der Waals surface area contributed by atoms with Crippen molar-refractivity contribution in [2.75, 3.05) is 25.6 Å². The number of hydrogen-bond acceptors (Lipinski definition) is 6. The first-order valence-corrected chi connectivity index (χ1v) is 9.74. The fourth-order valence-corrected chi connectivity index (χ4v) is 2.58. The van der Waals surface area contributed by atoms with Gasteiger partial charge in [0, 0.05) is 0 Å². The Morgan fingerprint density at radius 1 is 1.46 bits per heavy atom. The van der Waals surface area contributed by atoms with Crippen LogP contribution >= 0.6 is 10.0 Å². The van der Waals surface area contributed by atoms with Crippen LogP contribution in [0, 0.1) is 21.3 Å². The normalized spacial score (nSPS) is 14.3. The van der Waals surface area contributed by atoms with E-state index in [1.54, 1.807) is 0 Å². The average Bonchev–Trinajstić information content (AvgIpc) is 2.89. The van der Waals surface area contributed by atoms with Crippen LogP contribution in [0.25, 0.3) is 0 Å². The topological polar surface area (TPSA) is 114 Å². The van der Waals surface area contributed by atoms with E-state index >= 15 is 0 Å². The van der Waals surface area contributed by atoms with Crippen LogP contribution in [0.5, 0.6) is 11.5 Å². The zero-order valence-electron chi connectivity index (χ0n) is 13.7. The van der Waals surface area contributed by atoms with Gasteiger partial charge in [0.05, 0.1) is 22.1 Å². The highest BCUT2D eigenvalue weighted by atomic mass is 32.3. The second-order valence-electron chi connectivity index (χ2n) is 5.82. The minimum Gasteiger partial charge on any atom is -0.453 e. The lowest BCUT2D eigenvalue weighted by Gasteiger charge is -2.17. The van der Waals surface area contributed by atoms with Gasteiger partial charge in [-0.2, -0.15) is 10.0 Å². The molecule has 1 aliphatic rings. The van der Waals surface area contributed by atoms with Crippen LogP contribution in [0.2, 0.25) is 0 Å². The van der Waals surface area contributed by atoms with Gasteiger partial charge in [0.15, 0.2) is 11.5 Å². The second-order valence-corrected chi connectivity index (χ2v) is 9.70. The Morgan fingerprint density at radius 2 is 2.12 bits per heavy atom. The number of nitro groups is 1. The average molecular weight is 354 g/mol. The number of nitro benzene ring substituents is 1. The number of hydrogen-bond donors (Lipinski definition) is 1. The van der Waals surface area contributed by atoms with Crippen LogP contribution in [-0.2, 0) is 4.74 Å². The Hall–Kier alpha value is -2.60. The molecule has 0 radical (unpaired) electrons. The van der Waals surface area contributed by atoms with E-state index in [-0.39, 0.29) is 29.4 Å². The maximum Gasteiger partial charge on any atom is 0.405 e. The third-order valence-electron chi connectivity index (χ3n) is 3.06. The number of rotatable bonds is 3. The van der Waals surface area contributed by atoms with Gasteiger partial charge in [-0.15, -0.1) is 0 Å². The Balaban J connectivity index is 2.74. The lowest BCUT2D eigenvalue weighted by atomic mass is 9.99. The molecule has 0 saturated carbocycles. The lowest BCUT2D eigenvalue weighted by Crippen LogP contribution is -2.17. The Kier molecular flexibility index (Phi) is 4.80. The smallest absolute Gasteiger partial charge is 0.405 e. The van der Waals surface area contributed by atoms with Gasteiger partial charge in [0.2, 0.25) is 6.79 Å². The molecule has 1 heterocycles. The Bertz CT molecular complexity index is 760. The van der Waals surface area contributed by atoms with E-state index in [0.717, 1.165) is 0 Å². The molecule has 130 valence electrons. The molecule has 0 spiro atoms. The summed E-state index contributed by atoms with van der Waals surface area (Å²) in [6.07, 6.45) is 3.96. The predicted octanol–water partition coefficient (Wildman–Crippen LogP) is 2.48. The maximum absolute atomic E-state index is 11.5. The van der Waals surface area contributed by atoms with Crippen molar-refractivity contribution in [3.05, 3.63) is 27.3 Å². The summed E-state index contributed by atoms with van der Waals surface area (Å²) in [5.74, 6) is 3.50. The molecule has 1 aromatic rings. The van der Waals surface area contributed by atoms with Crippen molar-refractivity contribution in [3.63, 3.8) is 0 Å². The van der Waals surface area contributed by atoms with Gasteiger partial charge in [-0.05, 0) is 30.9 Å². The predicted molar refractivity (Wildman–Crippen MR) is 90.5 cm³/mol. The van der Waals surface area contributed by atoms with E-state index in [1.165, 1.54) is 13.0 Å². The fourth-order valence-electron chi connectivity index (χ4n) is 2.17. The number of nitrogens with two attached hydrogens (primary N) is 1. The zero-order valence-corrected chi connectivity index (χ0v) is 14.6.